The molecule has 0 spiro atoms. The van der Waals surface area contributed by atoms with E-state index in [2.05, 4.69) is 22.3 Å². The molecule has 0 fully saturated rings. The number of rotatable bonds is 6. The molecule has 124 valence electrons. The predicted octanol–water partition coefficient (Wildman–Crippen LogP) is 2.83. The zero-order valence-electron chi connectivity index (χ0n) is 13.7. The van der Waals surface area contributed by atoms with Gasteiger partial charge < -0.3 is 19.5 Å². The molecule has 3 aromatic rings. The van der Waals surface area contributed by atoms with Crippen molar-refractivity contribution in [2.45, 2.75) is 0 Å². The molecular formula is C17H18N4O3. The fourth-order valence-electron chi connectivity index (χ4n) is 2.49. The molecule has 1 N–H and O–H groups in total. The summed E-state index contributed by atoms with van der Waals surface area (Å²) in [5.74, 6) is 2.38. The summed E-state index contributed by atoms with van der Waals surface area (Å²) in [6.07, 6.45) is 3.58. The van der Waals surface area contributed by atoms with Gasteiger partial charge in [0.05, 0.1) is 27.5 Å². The first-order valence-electron chi connectivity index (χ1n) is 7.24. The molecule has 0 aliphatic heterocycles. The molecule has 0 amide bonds. The van der Waals surface area contributed by atoms with Gasteiger partial charge in [-0.15, -0.1) is 0 Å². The highest BCUT2D eigenvalue weighted by Gasteiger charge is 2.17. The van der Waals surface area contributed by atoms with Crippen LogP contribution in [0, 0.1) is 13.5 Å². The average Bonchev–Trinajstić information content (AvgIpc) is 3.03. The smallest absolute Gasteiger partial charge is 0.203 e. The van der Waals surface area contributed by atoms with E-state index in [0.29, 0.717) is 28.7 Å². The molecule has 0 aliphatic carbocycles. The van der Waals surface area contributed by atoms with E-state index in [1.54, 1.807) is 38.6 Å². The average molecular weight is 326 g/mol. The fraction of sp³-hybridized carbons (Fsp3) is 0.176. The van der Waals surface area contributed by atoms with E-state index in [4.69, 9.17) is 14.2 Å². The molecule has 0 aliphatic rings. The van der Waals surface area contributed by atoms with Gasteiger partial charge in [-0.3, -0.25) is 0 Å². The van der Waals surface area contributed by atoms with Crippen LogP contribution in [0.5, 0.6) is 17.2 Å². The van der Waals surface area contributed by atoms with Crippen molar-refractivity contribution in [1.29, 1.82) is 0 Å². The number of hydrogen-bond donors (Lipinski definition) is 1. The number of nitrogens with one attached hydrogen (secondary N) is 1. The molecule has 2 heterocycles. The Morgan fingerprint density at radius 1 is 1.12 bits per heavy atom. The maximum absolute atomic E-state index is 5.41. The molecule has 0 unspecified atom stereocenters. The van der Waals surface area contributed by atoms with Crippen molar-refractivity contribution < 1.29 is 14.2 Å². The zero-order valence-corrected chi connectivity index (χ0v) is 13.7. The summed E-state index contributed by atoms with van der Waals surface area (Å²) in [6, 6.07) is 5.56. The summed E-state index contributed by atoms with van der Waals surface area (Å²) in [7, 11) is 4.74. The van der Waals surface area contributed by atoms with Crippen molar-refractivity contribution in [3.05, 3.63) is 44.1 Å². The maximum Gasteiger partial charge on any atom is 0.203 e. The number of ether oxygens (including phenoxy) is 3. The Hall–Kier alpha value is -2.96. The molecule has 1 aromatic carbocycles. The molecular weight excluding hydrogens is 308 g/mol. The van der Waals surface area contributed by atoms with Crippen LogP contribution in [0.1, 0.15) is 0 Å². The van der Waals surface area contributed by atoms with E-state index in [1.807, 2.05) is 24.4 Å². The van der Waals surface area contributed by atoms with Crippen LogP contribution < -0.4 is 19.5 Å². The lowest BCUT2D eigenvalue weighted by atomic mass is 10.1. The Bertz CT molecular complexity index is 835. The zero-order chi connectivity index (χ0) is 17.1. The number of aromatic nitrogens is 3. The summed E-state index contributed by atoms with van der Waals surface area (Å²) in [4.78, 5) is 4.56. The van der Waals surface area contributed by atoms with Crippen molar-refractivity contribution >= 4 is 11.5 Å². The highest BCUT2D eigenvalue weighted by molar-refractivity contribution is 5.80. The molecule has 0 atom stereocenters. The van der Waals surface area contributed by atoms with Gasteiger partial charge in [-0.05, 0) is 30.7 Å². The van der Waals surface area contributed by atoms with E-state index >= 15 is 0 Å². The molecule has 2 aromatic heterocycles. The molecule has 0 saturated heterocycles. The Balaban J connectivity index is 2.18. The Labute approximate surface area is 140 Å². The molecule has 7 nitrogen and oxygen atoms in total. The number of benzene rings is 1. The van der Waals surface area contributed by atoms with Gasteiger partial charge >= 0.3 is 0 Å². The lowest BCUT2D eigenvalue weighted by molar-refractivity contribution is 0.324. The second kappa shape index (κ2) is 6.66. The number of methoxy groups -OCH3 is 3. The summed E-state index contributed by atoms with van der Waals surface area (Å²) < 4.78 is 17.9. The van der Waals surface area contributed by atoms with Gasteiger partial charge in [0.25, 0.3) is 0 Å². The van der Waals surface area contributed by atoms with Gasteiger partial charge in [0.15, 0.2) is 17.1 Å². The van der Waals surface area contributed by atoms with Crippen LogP contribution in [0.2, 0.25) is 0 Å². The maximum atomic E-state index is 5.41. The highest BCUT2D eigenvalue weighted by Crippen LogP contribution is 2.41. The third-order valence-corrected chi connectivity index (χ3v) is 3.59. The molecule has 3 rings (SSSR count). The first-order chi connectivity index (χ1) is 11.7. The van der Waals surface area contributed by atoms with E-state index in [0.717, 1.165) is 11.1 Å². The minimum atomic E-state index is 0.544. The molecule has 0 bridgehead atoms. The van der Waals surface area contributed by atoms with Crippen molar-refractivity contribution in [2.75, 3.05) is 26.6 Å². The fourth-order valence-corrected chi connectivity index (χ4v) is 2.49. The summed E-state index contributed by atoms with van der Waals surface area (Å²) in [5.41, 5.74) is 2.42. The largest absolute Gasteiger partial charge is 0.493 e. The van der Waals surface area contributed by atoms with Gasteiger partial charge in [-0.25, -0.2) is 9.50 Å². The van der Waals surface area contributed by atoms with E-state index in [1.165, 1.54) is 0 Å². The minimum absolute atomic E-state index is 0.544. The molecule has 24 heavy (non-hydrogen) atoms. The van der Waals surface area contributed by atoms with E-state index < -0.39 is 0 Å². The van der Waals surface area contributed by atoms with Crippen molar-refractivity contribution in [1.82, 2.24) is 14.6 Å². The summed E-state index contributed by atoms with van der Waals surface area (Å²) >= 11 is 0. The minimum Gasteiger partial charge on any atom is -0.493 e. The molecule has 2 radical (unpaired) electrons. The standard InChI is InChI=1S/C17H18N4O3/c1-5-18-15-6-7-21-17(20-15)12(10-19-21)11-8-13(22-2)16(24-4)14(9-11)23-3/h5-10H,1H2,2-4H3,(H,18,20). The second-order valence-electron chi connectivity index (χ2n) is 4.90. The third kappa shape index (κ3) is 2.68. The van der Waals surface area contributed by atoms with Crippen molar-refractivity contribution in [3.63, 3.8) is 0 Å². The number of nitrogens with zero attached hydrogens (tertiary/aromatic N) is 3. The van der Waals surface area contributed by atoms with Gasteiger partial charge in [-0.2, -0.15) is 5.10 Å². The van der Waals surface area contributed by atoms with Crippen LogP contribution in [0.3, 0.4) is 0 Å². The Kier molecular flexibility index (Phi) is 4.41. The lowest BCUT2D eigenvalue weighted by Gasteiger charge is -2.13. The molecule has 0 saturated carbocycles. The van der Waals surface area contributed by atoms with Crippen LogP contribution in [-0.4, -0.2) is 35.9 Å². The molecule has 7 heteroatoms. The van der Waals surface area contributed by atoms with Crippen molar-refractivity contribution in [2.24, 2.45) is 0 Å². The topological polar surface area (TPSA) is 69.9 Å². The van der Waals surface area contributed by atoms with Crippen LogP contribution in [-0.2, 0) is 0 Å². The quantitative estimate of drug-likeness (QED) is 0.751. The lowest BCUT2D eigenvalue weighted by Crippen LogP contribution is -1.98. The van der Waals surface area contributed by atoms with Gasteiger partial charge in [-0.1, -0.05) is 0 Å². The van der Waals surface area contributed by atoms with Crippen LogP contribution in [0.4, 0.5) is 5.82 Å². The van der Waals surface area contributed by atoms with Crippen LogP contribution in [0.15, 0.2) is 30.6 Å². The SMILES string of the molecule is [CH2][CH]Nc1ccn2ncc(-c3cc(OC)c(OC)c(OC)c3)c2n1. The number of hydrogen-bond acceptors (Lipinski definition) is 6. The number of anilines is 1. The number of fused-ring (bicyclic) bond motifs is 1. The highest BCUT2D eigenvalue weighted by atomic mass is 16.5. The second-order valence-corrected chi connectivity index (χ2v) is 4.90. The normalized spacial score (nSPS) is 10.7. The van der Waals surface area contributed by atoms with Crippen LogP contribution in [0.25, 0.3) is 16.8 Å². The van der Waals surface area contributed by atoms with Crippen LogP contribution >= 0.6 is 0 Å². The van der Waals surface area contributed by atoms with Crippen molar-refractivity contribution in [3.8, 4) is 28.4 Å². The van der Waals surface area contributed by atoms with E-state index in [-0.39, 0.29) is 0 Å². The Morgan fingerprint density at radius 2 is 1.83 bits per heavy atom. The van der Waals surface area contributed by atoms with E-state index in [9.17, 15) is 0 Å². The predicted molar refractivity (Wildman–Crippen MR) is 91.4 cm³/mol. The first-order valence-corrected chi connectivity index (χ1v) is 7.24. The van der Waals surface area contributed by atoms with Gasteiger partial charge in [0.1, 0.15) is 5.82 Å². The van der Waals surface area contributed by atoms with Gasteiger partial charge in [0, 0.05) is 18.3 Å². The monoisotopic (exact) mass is 326 g/mol. The third-order valence-electron chi connectivity index (χ3n) is 3.59. The van der Waals surface area contributed by atoms with Gasteiger partial charge in [0.2, 0.25) is 5.75 Å². The first kappa shape index (κ1) is 15.9. The Morgan fingerprint density at radius 3 is 2.42 bits per heavy atom. The summed E-state index contributed by atoms with van der Waals surface area (Å²) in [5, 5.41) is 7.31. The summed E-state index contributed by atoms with van der Waals surface area (Å²) in [6.45, 7) is 5.23.